The fourth-order valence-electron chi connectivity index (χ4n) is 3.10. The lowest BCUT2D eigenvalue weighted by atomic mass is 9.73. The van der Waals surface area contributed by atoms with Gasteiger partial charge in [-0.15, -0.1) is 11.6 Å². The Morgan fingerprint density at radius 3 is 2.71 bits per heavy atom. The van der Waals surface area contributed by atoms with E-state index in [1.54, 1.807) is 0 Å². The predicted octanol–water partition coefficient (Wildman–Crippen LogP) is 3.08. The van der Waals surface area contributed by atoms with Gasteiger partial charge < -0.3 is 9.47 Å². The third kappa shape index (κ3) is 2.76. The smallest absolute Gasteiger partial charge is 0.184 e. The van der Waals surface area contributed by atoms with Gasteiger partial charge in [-0.1, -0.05) is 6.42 Å². The second kappa shape index (κ2) is 6.04. The molecule has 0 aromatic carbocycles. The third-order valence-electron chi connectivity index (χ3n) is 3.92. The maximum absolute atomic E-state index is 9.41. The molecule has 17 heavy (non-hydrogen) atoms. The molecule has 1 spiro atoms. The van der Waals surface area contributed by atoms with Gasteiger partial charge in [0, 0.05) is 12.3 Å². The van der Waals surface area contributed by atoms with Crippen molar-refractivity contribution in [1.29, 1.82) is 5.26 Å². The lowest BCUT2D eigenvalue weighted by Gasteiger charge is -2.40. The van der Waals surface area contributed by atoms with Gasteiger partial charge >= 0.3 is 0 Å². The Kier molecular flexibility index (Phi) is 4.67. The molecule has 1 aliphatic heterocycles. The van der Waals surface area contributed by atoms with Crippen LogP contribution >= 0.6 is 11.6 Å². The minimum atomic E-state index is -0.585. The lowest BCUT2D eigenvalue weighted by Crippen LogP contribution is -2.45. The van der Waals surface area contributed by atoms with Gasteiger partial charge in [-0.3, -0.25) is 0 Å². The van der Waals surface area contributed by atoms with E-state index in [1.807, 2.05) is 0 Å². The van der Waals surface area contributed by atoms with Crippen LogP contribution in [0.1, 0.15) is 38.5 Å². The first-order valence-corrected chi connectivity index (χ1v) is 7.09. The first-order chi connectivity index (χ1) is 8.32. The minimum absolute atomic E-state index is 0.103. The van der Waals surface area contributed by atoms with Crippen LogP contribution in [0.25, 0.3) is 0 Å². The summed E-state index contributed by atoms with van der Waals surface area (Å²) in [5.74, 6) is 0.435. The number of unbranched alkanes of at least 4 members (excludes halogenated alkanes) is 1. The summed E-state index contributed by atoms with van der Waals surface area (Å²) in [7, 11) is 0. The first kappa shape index (κ1) is 13.1. The molecule has 2 atom stereocenters. The van der Waals surface area contributed by atoms with Crippen molar-refractivity contribution < 1.29 is 9.47 Å². The average Bonchev–Trinajstić information content (AvgIpc) is 2.79. The number of ether oxygens (including phenoxy) is 2. The van der Waals surface area contributed by atoms with Crippen LogP contribution in [0.2, 0.25) is 0 Å². The first-order valence-electron chi connectivity index (χ1n) is 6.56. The Morgan fingerprint density at radius 2 is 2.06 bits per heavy atom. The number of hydrogen-bond acceptors (Lipinski definition) is 3. The van der Waals surface area contributed by atoms with Crippen LogP contribution in [0.3, 0.4) is 0 Å². The van der Waals surface area contributed by atoms with Gasteiger partial charge in [0.25, 0.3) is 0 Å². The molecule has 96 valence electrons. The number of halogens is 1. The van der Waals surface area contributed by atoms with E-state index in [9.17, 15) is 5.26 Å². The van der Waals surface area contributed by atoms with Crippen molar-refractivity contribution in [3.63, 3.8) is 0 Å². The molecule has 0 N–H and O–H groups in total. The van der Waals surface area contributed by atoms with Crippen LogP contribution in [0.4, 0.5) is 0 Å². The van der Waals surface area contributed by atoms with Crippen LogP contribution in [0.5, 0.6) is 0 Å². The van der Waals surface area contributed by atoms with E-state index in [0.717, 1.165) is 38.5 Å². The standard InChI is InChI=1S/C13H20ClNO2/c14-7-2-1-4-11-5-3-6-13(12(11)10-15)16-8-9-17-13/h11-12H,1-9H2. The van der Waals surface area contributed by atoms with E-state index in [2.05, 4.69) is 6.07 Å². The highest BCUT2D eigenvalue weighted by Crippen LogP contribution is 2.44. The Labute approximate surface area is 108 Å². The summed E-state index contributed by atoms with van der Waals surface area (Å²) in [6.07, 6.45) is 6.29. The van der Waals surface area contributed by atoms with Crippen LogP contribution in [-0.2, 0) is 9.47 Å². The van der Waals surface area contributed by atoms with Crippen LogP contribution in [0, 0.1) is 23.2 Å². The van der Waals surface area contributed by atoms with Gasteiger partial charge in [-0.25, -0.2) is 0 Å². The Balaban J connectivity index is 1.99. The zero-order valence-electron chi connectivity index (χ0n) is 10.2. The summed E-state index contributed by atoms with van der Waals surface area (Å²) in [6.45, 7) is 1.26. The summed E-state index contributed by atoms with van der Waals surface area (Å²) < 4.78 is 11.5. The molecule has 0 bridgehead atoms. The maximum Gasteiger partial charge on any atom is 0.184 e. The van der Waals surface area contributed by atoms with Crippen molar-refractivity contribution in [2.75, 3.05) is 19.1 Å². The zero-order valence-corrected chi connectivity index (χ0v) is 10.9. The normalized spacial score (nSPS) is 31.5. The third-order valence-corrected chi connectivity index (χ3v) is 4.19. The van der Waals surface area contributed by atoms with Gasteiger partial charge in [0.05, 0.1) is 19.3 Å². The second-order valence-electron chi connectivity index (χ2n) is 4.95. The predicted molar refractivity (Wildman–Crippen MR) is 65.7 cm³/mol. The van der Waals surface area contributed by atoms with E-state index < -0.39 is 5.79 Å². The highest BCUT2D eigenvalue weighted by Gasteiger charge is 2.50. The summed E-state index contributed by atoms with van der Waals surface area (Å²) in [5, 5.41) is 9.41. The molecule has 4 heteroatoms. The van der Waals surface area contributed by atoms with Gasteiger partial charge in [0.2, 0.25) is 0 Å². The fraction of sp³-hybridized carbons (Fsp3) is 0.923. The molecular formula is C13H20ClNO2. The molecule has 1 saturated carbocycles. The number of rotatable bonds is 4. The Morgan fingerprint density at radius 1 is 1.29 bits per heavy atom. The fourth-order valence-corrected chi connectivity index (χ4v) is 3.29. The number of nitrogens with zero attached hydrogens (tertiary/aromatic N) is 1. The number of nitriles is 1. The number of alkyl halides is 1. The average molecular weight is 258 g/mol. The van der Waals surface area contributed by atoms with E-state index in [4.69, 9.17) is 21.1 Å². The van der Waals surface area contributed by atoms with Gasteiger partial charge in [0.15, 0.2) is 5.79 Å². The summed E-state index contributed by atoms with van der Waals surface area (Å²) in [4.78, 5) is 0. The molecule has 3 nitrogen and oxygen atoms in total. The molecule has 0 amide bonds. The van der Waals surface area contributed by atoms with Crippen LogP contribution in [-0.4, -0.2) is 24.9 Å². The van der Waals surface area contributed by atoms with Crippen molar-refractivity contribution >= 4 is 11.6 Å². The molecule has 0 aromatic heterocycles. The van der Waals surface area contributed by atoms with E-state index in [-0.39, 0.29) is 5.92 Å². The molecule has 1 aliphatic carbocycles. The second-order valence-corrected chi connectivity index (χ2v) is 5.33. The Bertz CT molecular complexity index is 284. The van der Waals surface area contributed by atoms with Crippen molar-refractivity contribution in [2.45, 2.75) is 44.3 Å². The van der Waals surface area contributed by atoms with Crippen LogP contribution in [0.15, 0.2) is 0 Å². The van der Waals surface area contributed by atoms with Crippen molar-refractivity contribution in [2.24, 2.45) is 11.8 Å². The summed E-state index contributed by atoms with van der Waals surface area (Å²) in [6, 6.07) is 2.43. The lowest BCUT2D eigenvalue weighted by molar-refractivity contribution is -0.211. The molecular weight excluding hydrogens is 238 g/mol. The summed E-state index contributed by atoms with van der Waals surface area (Å²) >= 11 is 5.70. The molecule has 2 fully saturated rings. The molecule has 2 aliphatic rings. The van der Waals surface area contributed by atoms with E-state index in [0.29, 0.717) is 25.0 Å². The van der Waals surface area contributed by atoms with E-state index in [1.165, 1.54) is 0 Å². The maximum atomic E-state index is 9.41. The highest BCUT2D eigenvalue weighted by atomic mass is 35.5. The van der Waals surface area contributed by atoms with E-state index >= 15 is 0 Å². The molecule has 0 aromatic rings. The Hall–Kier alpha value is -0.300. The molecule has 2 unspecified atom stereocenters. The largest absolute Gasteiger partial charge is 0.346 e. The highest BCUT2D eigenvalue weighted by molar-refractivity contribution is 6.17. The summed E-state index contributed by atoms with van der Waals surface area (Å²) in [5.41, 5.74) is 0. The minimum Gasteiger partial charge on any atom is -0.346 e. The molecule has 2 rings (SSSR count). The van der Waals surface area contributed by atoms with Gasteiger partial charge in [-0.05, 0) is 31.6 Å². The van der Waals surface area contributed by atoms with Crippen LogP contribution < -0.4 is 0 Å². The molecule has 0 radical (unpaired) electrons. The SMILES string of the molecule is N#CC1C(CCCCCl)CCCC12OCCO2. The molecule has 1 heterocycles. The zero-order chi connectivity index (χ0) is 12.1. The van der Waals surface area contributed by atoms with Crippen molar-refractivity contribution in [3.8, 4) is 6.07 Å². The molecule has 1 saturated heterocycles. The van der Waals surface area contributed by atoms with Crippen molar-refractivity contribution in [3.05, 3.63) is 0 Å². The van der Waals surface area contributed by atoms with Gasteiger partial charge in [0.1, 0.15) is 5.92 Å². The monoisotopic (exact) mass is 257 g/mol. The number of hydrogen-bond donors (Lipinski definition) is 0. The topological polar surface area (TPSA) is 42.2 Å². The quantitative estimate of drug-likeness (QED) is 0.574. The van der Waals surface area contributed by atoms with Gasteiger partial charge in [-0.2, -0.15) is 5.26 Å². The van der Waals surface area contributed by atoms with Crippen molar-refractivity contribution in [1.82, 2.24) is 0 Å².